The lowest BCUT2D eigenvalue weighted by atomic mass is 10.2. The molecule has 0 fully saturated rings. The second kappa shape index (κ2) is 8.33. The van der Waals surface area contributed by atoms with Gasteiger partial charge in [0, 0.05) is 5.56 Å². The van der Waals surface area contributed by atoms with Crippen LogP contribution in [0.25, 0.3) is 0 Å². The fourth-order valence-corrected chi connectivity index (χ4v) is 1.84. The quantitative estimate of drug-likeness (QED) is 0.549. The number of benzene rings is 2. The summed E-state index contributed by atoms with van der Waals surface area (Å²) in [6, 6.07) is 13.2. The molecule has 0 bridgehead atoms. The van der Waals surface area contributed by atoms with Crippen molar-refractivity contribution in [3.05, 3.63) is 59.7 Å². The molecule has 0 saturated carbocycles. The third kappa shape index (κ3) is 4.84. The van der Waals surface area contributed by atoms with Gasteiger partial charge >= 0.3 is 0 Å². The Labute approximate surface area is 139 Å². The molecule has 124 valence electrons. The zero-order chi connectivity index (χ0) is 17.4. The van der Waals surface area contributed by atoms with Gasteiger partial charge in [0.2, 0.25) is 0 Å². The Kier molecular flexibility index (Phi) is 5.90. The molecule has 0 aliphatic heterocycles. The molecule has 2 aromatic carbocycles. The summed E-state index contributed by atoms with van der Waals surface area (Å²) >= 11 is 0. The van der Waals surface area contributed by atoms with E-state index in [9.17, 15) is 14.7 Å². The van der Waals surface area contributed by atoms with Crippen LogP contribution in [-0.2, 0) is 4.79 Å². The number of carbonyl (C=O) groups excluding carboxylic acids is 2. The van der Waals surface area contributed by atoms with Crippen LogP contribution in [0.3, 0.4) is 0 Å². The van der Waals surface area contributed by atoms with Crippen molar-refractivity contribution >= 4 is 18.0 Å². The first kappa shape index (κ1) is 17.0. The average molecular weight is 327 g/mol. The van der Waals surface area contributed by atoms with Crippen LogP contribution >= 0.6 is 0 Å². The molecule has 7 heteroatoms. The molecule has 2 aromatic rings. The molecule has 0 aromatic heterocycles. The van der Waals surface area contributed by atoms with Gasteiger partial charge in [-0.3, -0.25) is 9.59 Å². The highest BCUT2D eigenvalue weighted by Gasteiger charge is 2.06. The molecule has 0 unspecified atom stereocenters. The number of hydrazone groups is 1. The van der Waals surface area contributed by atoms with Gasteiger partial charge in [0.25, 0.3) is 11.8 Å². The second-order valence-electron chi connectivity index (χ2n) is 4.77. The summed E-state index contributed by atoms with van der Waals surface area (Å²) in [5, 5.41) is 15.8. The topological polar surface area (TPSA) is 100 Å². The van der Waals surface area contributed by atoms with Gasteiger partial charge in [-0.2, -0.15) is 5.10 Å². The number of aromatic hydroxyl groups is 1. The van der Waals surface area contributed by atoms with Gasteiger partial charge in [-0.25, -0.2) is 5.43 Å². The van der Waals surface area contributed by atoms with Crippen molar-refractivity contribution < 1.29 is 19.4 Å². The summed E-state index contributed by atoms with van der Waals surface area (Å²) in [5.41, 5.74) is 3.42. The molecule has 7 nitrogen and oxygen atoms in total. The van der Waals surface area contributed by atoms with E-state index in [-0.39, 0.29) is 18.2 Å². The average Bonchev–Trinajstić information content (AvgIpc) is 2.61. The molecule has 24 heavy (non-hydrogen) atoms. The predicted octanol–water partition coefficient (Wildman–Crippen LogP) is 1.28. The van der Waals surface area contributed by atoms with E-state index in [0.717, 1.165) is 0 Å². The number of nitrogens with one attached hydrogen (secondary N) is 2. The van der Waals surface area contributed by atoms with Gasteiger partial charge < -0.3 is 15.2 Å². The Hall–Kier alpha value is -3.35. The molecule has 0 heterocycles. The van der Waals surface area contributed by atoms with Gasteiger partial charge in [-0.1, -0.05) is 18.2 Å². The molecule has 0 aliphatic rings. The summed E-state index contributed by atoms with van der Waals surface area (Å²) in [5.74, 6) is -0.470. The second-order valence-corrected chi connectivity index (χ2v) is 4.77. The van der Waals surface area contributed by atoms with Crippen molar-refractivity contribution in [1.29, 1.82) is 0 Å². The Balaban J connectivity index is 1.81. The number of nitrogens with zero attached hydrogens (tertiary/aromatic N) is 1. The standard InChI is InChI=1S/C17H17N3O4/c1-24-15-9-12(7-8-14(15)21)10-19-20-16(22)11-18-17(23)13-5-3-2-4-6-13/h2-10,21H,11H2,1H3,(H,18,23)(H,20,22)/b19-10+. The van der Waals surface area contributed by atoms with Crippen molar-refractivity contribution in [2.45, 2.75) is 0 Å². The summed E-state index contributed by atoms with van der Waals surface area (Å²) in [6.45, 7) is -0.191. The molecule has 2 amide bonds. The molecule has 0 spiro atoms. The minimum atomic E-state index is -0.457. The van der Waals surface area contributed by atoms with Crippen molar-refractivity contribution in [2.24, 2.45) is 5.10 Å². The van der Waals surface area contributed by atoms with Crippen molar-refractivity contribution in [3.8, 4) is 11.5 Å². The number of rotatable bonds is 6. The number of methoxy groups -OCH3 is 1. The number of amides is 2. The minimum Gasteiger partial charge on any atom is -0.504 e. The zero-order valence-corrected chi connectivity index (χ0v) is 13.0. The van der Waals surface area contributed by atoms with E-state index in [0.29, 0.717) is 16.9 Å². The van der Waals surface area contributed by atoms with Crippen LogP contribution in [0, 0.1) is 0 Å². The Morgan fingerprint density at radius 3 is 2.67 bits per heavy atom. The molecule has 0 atom stereocenters. The largest absolute Gasteiger partial charge is 0.504 e. The maximum atomic E-state index is 11.8. The van der Waals surface area contributed by atoms with E-state index in [4.69, 9.17) is 4.74 Å². The van der Waals surface area contributed by atoms with Crippen molar-refractivity contribution in [2.75, 3.05) is 13.7 Å². The number of phenols is 1. The molecule has 0 aliphatic carbocycles. The maximum Gasteiger partial charge on any atom is 0.259 e. The van der Waals surface area contributed by atoms with E-state index in [1.807, 2.05) is 0 Å². The van der Waals surface area contributed by atoms with Crippen LogP contribution < -0.4 is 15.5 Å². The number of hydrogen-bond acceptors (Lipinski definition) is 5. The number of phenolic OH excluding ortho intramolecular Hbond substituents is 1. The summed E-state index contributed by atoms with van der Waals surface area (Å²) < 4.78 is 4.97. The van der Waals surface area contributed by atoms with Crippen molar-refractivity contribution in [3.63, 3.8) is 0 Å². The predicted molar refractivity (Wildman–Crippen MR) is 89.2 cm³/mol. The van der Waals surface area contributed by atoms with Crippen LogP contribution in [0.4, 0.5) is 0 Å². The molecule has 0 saturated heterocycles. The first-order valence-electron chi connectivity index (χ1n) is 7.12. The lowest BCUT2D eigenvalue weighted by Crippen LogP contribution is -2.34. The van der Waals surface area contributed by atoms with E-state index >= 15 is 0 Å². The monoisotopic (exact) mass is 327 g/mol. The minimum absolute atomic E-state index is 0.0160. The van der Waals surface area contributed by atoms with Crippen LogP contribution in [-0.4, -0.2) is 36.8 Å². The van der Waals surface area contributed by atoms with Crippen LogP contribution in [0.5, 0.6) is 11.5 Å². The lowest BCUT2D eigenvalue weighted by molar-refractivity contribution is -0.120. The highest BCUT2D eigenvalue weighted by Crippen LogP contribution is 2.25. The first-order chi connectivity index (χ1) is 11.6. The number of hydrogen-bond donors (Lipinski definition) is 3. The van der Waals surface area contributed by atoms with Crippen LogP contribution in [0.2, 0.25) is 0 Å². The maximum absolute atomic E-state index is 11.8. The van der Waals surface area contributed by atoms with Crippen LogP contribution in [0.1, 0.15) is 15.9 Å². The normalized spacial score (nSPS) is 10.4. The SMILES string of the molecule is COc1cc(/C=N/NC(=O)CNC(=O)c2ccccc2)ccc1O. The van der Waals surface area contributed by atoms with Gasteiger partial charge in [-0.05, 0) is 35.9 Å². The molecule has 2 rings (SSSR count). The fraction of sp³-hybridized carbons (Fsp3) is 0.118. The van der Waals surface area contributed by atoms with Crippen molar-refractivity contribution in [1.82, 2.24) is 10.7 Å². The molecule has 3 N–H and O–H groups in total. The van der Waals surface area contributed by atoms with E-state index in [1.165, 1.54) is 19.4 Å². The zero-order valence-electron chi connectivity index (χ0n) is 13.0. The summed E-state index contributed by atoms with van der Waals surface area (Å²) in [4.78, 5) is 23.4. The van der Waals surface area contributed by atoms with Gasteiger partial charge in [0.1, 0.15) is 0 Å². The highest BCUT2D eigenvalue weighted by atomic mass is 16.5. The Morgan fingerprint density at radius 1 is 1.21 bits per heavy atom. The highest BCUT2D eigenvalue weighted by molar-refractivity contribution is 5.96. The Morgan fingerprint density at radius 2 is 1.96 bits per heavy atom. The summed E-state index contributed by atoms with van der Waals surface area (Å²) in [7, 11) is 1.44. The first-order valence-corrected chi connectivity index (χ1v) is 7.12. The number of carbonyl (C=O) groups is 2. The van der Waals surface area contributed by atoms with E-state index in [1.54, 1.807) is 42.5 Å². The summed E-state index contributed by atoms with van der Waals surface area (Å²) in [6.07, 6.45) is 1.40. The third-order valence-corrected chi connectivity index (χ3v) is 3.05. The van der Waals surface area contributed by atoms with Crippen LogP contribution in [0.15, 0.2) is 53.6 Å². The molecular weight excluding hydrogens is 310 g/mol. The molecular formula is C17H17N3O4. The van der Waals surface area contributed by atoms with Gasteiger partial charge in [-0.15, -0.1) is 0 Å². The smallest absolute Gasteiger partial charge is 0.259 e. The molecule has 0 radical (unpaired) electrons. The van der Waals surface area contributed by atoms with E-state index < -0.39 is 5.91 Å². The lowest BCUT2D eigenvalue weighted by Gasteiger charge is -2.04. The van der Waals surface area contributed by atoms with Gasteiger partial charge in [0.15, 0.2) is 11.5 Å². The number of ether oxygens (including phenoxy) is 1. The van der Waals surface area contributed by atoms with Gasteiger partial charge in [0.05, 0.1) is 19.9 Å². The fourth-order valence-electron chi connectivity index (χ4n) is 1.84. The Bertz CT molecular complexity index is 745. The van der Waals surface area contributed by atoms with E-state index in [2.05, 4.69) is 15.8 Å². The third-order valence-electron chi connectivity index (χ3n) is 3.05.